The van der Waals surface area contributed by atoms with Crippen LogP contribution >= 0.6 is 11.6 Å². The second kappa shape index (κ2) is 9.25. The molecule has 0 saturated carbocycles. The lowest BCUT2D eigenvalue weighted by atomic mass is 10.1. The van der Waals surface area contributed by atoms with Crippen molar-refractivity contribution in [2.45, 2.75) is 20.8 Å². The number of rotatable bonds is 7. The van der Waals surface area contributed by atoms with Crippen molar-refractivity contribution in [1.82, 2.24) is 4.90 Å². The van der Waals surface area contributed by atoms with E-state index in [2.05, 4.69) is 10.6 Å². The molecule has 0 bridgehead atoms. The molecule has 0 atom stereocenters. The van der Waals surface area contributed by atoms with Crippen LogP contribution in [-0.2, 0) is 4.79 Å². The van der Waals surface area contributed by atoms with Crippen molar-refractivity contribution in [3.05, 3.63) is 58.6 Å². The van der Waals surface area contributed by atoms with Crippen molar-refractivity contribution in [2.75, 3.05) is 30.3 Å². The molecule has 0 spiro atoms. The summed E-state index contributed by atoms with van der Waals surface area (Å²) in [6.07, 6.45) is 0. The van der Waals surface area contributed by atoms with E-state index in [1.807, 2.05) is 39.0 Å². The maximum absolute atomic E-state index is 12.3. The normalized spacial score (nSPS) is 10.3. The molecule has 2 rings (SSSR count). The third-order valence-electron chi connectivity index (χ3n) is 4.17. The topological polar surface area (TPSA) is 61.4 Å². The Kier molecular flexibility index (Phi) is 7.04. The van der Waals surface area contributed by atoms with Crippen molar-refractivity contribution >= 4 is 34.8 Å². The minimum atomic E-state index is -0.174. The number of hydrogen-bond acceptors (Lipinski definition) is 3. The number of nitrogens with zero attached hydrogens (tertiary/aromatic N) is 1. The molecule has 2 amide bonds. The summed E-state index contributed by atoms with van der Waals surface area (Å²) in [6.45, 7) is 7.26. The molecule has 0 fully saturated rings. The highest BCUT2D eigenvalue weighted by molar-refractivity contribution is 6.31. The first kappa shape index (κ1) is 19.8. The quantitative estimate of drug-likeness (QED) is 0.765. The summed E-state index contributed by atoms with van der Waals surface area (Å²) in [5, 5.41) is 6.54. The van der Waals surface area contributed by atoms with Gasteiger partial charge in [-0.3, -0.25) is 9.59 Å². The zero-order valence-corrected chi connectivity index (χ0v) is 16.1. The highest BCUT2D eigenvalue weighted by Gasteiger charge is 2.12. The van der Waals surface area contributed by atoms with Gasteiger partial charge in [0.25, 0.3) is 5.91 Å². The minimum Gasteiger partial charge on any atom is -0.376 e. The van der Waals surface area contributed by atoms with Gasteiger partial charge in [-0.2, -0.15) is 0 Å². The molecule has 0 unspecified atom stereocenters. The number of anilines is 2. The van der Waals surface area contributed by atoms with E-state index in [-0.39, 0.29) is 18.4 Å². The third kappa shape index (κ3) is 4.99. The van der Waals surface area contributed by atoms with Gasteiger partial charge in [-0.1, -0.05) is 17.7 Å². The Balaban J connectivity index is 1.93. The monoisotopic (exact) mass is 373 g/mol. The van der Waals surface area contributed by atoms with Crippen LogP contribution in [0.15, 0.2) is 42.5 Å². The second-order valence-corrected chi connectivity index (χ2v) is 6.28. The van der Waals surface area contributed by atoms with E-state index in [4.69, 9.17) is 11.6 Å². The van der Waals surface area contributed by atoms with Gasteiger partial charge < -0.3 is 15.5 Å². The van der Waals surface area contributed by atoms with E-state index in [9.17, 15) is 9.59 Å². The van der Waals surface area contributed by atoms with Gasteiger partial charge in [0.05, 0.1) is 6.54 Å². The lowest BCUT2D eigenvalue weighted by molar-refractivity contribution is -0.114. The highest BCUT2D eigenvalue weighted by Crippen LogP contribution is 2.22. The predicted molar refractivity (Wildman–Crippen MR) is 107 cm³/mol. The minimum absolute atomic E-state index is 0.00836. The summed E-state index contributed by atoms with van der Waals surface area (Å²) in [5.41, 5.74) is 2.99. The standard InChI is InChI=1S/C20H24ClN3O2/c1-4-24(5-2)20(26)15-9-11-16(12-10-15)23-19(25)13-22-18-8-6-7-17(21)14(18)3/h6-12,22H,4-5,13H2,1-3H3,(H,23,25). The Bertz CT molecular complexity index is 771. The average Bonchev–Trinajstić information content (AvgIpc) is 2.64. The summed E-state index contributed by atoms with van der Waals surface area (Å²) < 4.78 is 0. The summed E-state index contributed by atoms with van der Waals surface area (Å²) >= 11 is 6.07. The van der Waals surface area contributed by atoms with Gasteiger partial charge in [-0.25, -0.2) is 0 Å². The fourth-order valence-corrected chi connectivity index (χ4v) is 2.74. The van der Waals surface area contributed by atoms with Gasteiger partial charge in [-0.15, -0.1) is 0 Å². The Morgan fingerprint density at radius 3 is 2.31 bits per heavy atom. The van der Waals surface area contributed by atoms with Crippen molar-refractivity contribution in [3.8, 4) is 0 Å². The fraction of sp³-hybridized carbons (Fsp3) is 0.300. The van der Waals surface area contributed by atoms with Crippen molar-refractivity contribution in [3.63, 3.8) is 0 Å². The van der Waals surface area contributed by atoms with Gasteiger partial charge in [0.2, 0.25) is 5.91 Å². The van der Waals surface area contributed by atoms with E-state index in [1.54, 1.807) is 29.2 Å². The summed E-state index contributed by atoms with van der Waals surface area (Å²) in [7, 11) is 0. The lowest BCUT2D eigenvalue weighted by Gasteiger charge is -2.18. The molecule has 0 aliphatic carbocycles. The molecular weight excluding hydrogens is 350 g/mol. The number of amides is 2. The van der Waals surface area contributed by atoms with Crippen LogP contribution in [-0.4, -0.2) is 36.3 Å². The molecule has 0 aliphatic rings. The Hall–Kier alpha value is -2.53. The van der Waals surface area contributed by atoms with Crippen LogP contribution in [0.4, 0.5) is 11.4 Å². The molecule has 0 aliphatic heterocycles. The van der Waals surface area contributed by atoms with Crippen LogP contribution in [0, 0.1) is 6.92 Å². The SMILES string of the molecule is CCN(CC)C(=O)c1ccc(NC(=O)CNc2cccc(Cl)c2C)cc1. The van der Waals surface area contributed by atoms with Gasteiger partial charge in [0, 0.05) is 35.1 Å². The summed E-state index contributed by atoms with van der Waals surface area (Å²) in [4.78, 5) is 26.2. The maximum atomic E-state index is 12.3. The number of carbonyl (C=O) groups excluding carboxylic acids is 2. The maximum Gasteiger partial charge on any atom is 0.253 e. The average molecular weight is 374 g/mol. The zero-order chi connectivity index (χ0) is 19.1. The molecule has 0 saturated heterocycles. The number of hydrogen-bond donors (Lipinski definition) is 2. The van der Waals surface area contributed by atoms with E-state index in [0.717, 1.165) is 11.3 Å². The first-order valence-corrected chi connectivity index (χ1v) is 9.02. The van der Waals surface area contributed by atoms with Gasteiger partial charge in [0.1, 0.15) is 0 Å². The van der Waals surface area contributed by atoms with Crippen molar-refractivity contribution in [2.24, 2.45) is 0 Å². The Labute approximate surface area is 159 Å². The van der Waals surface area contributed by atoms with Crippen molar-refractivity contribution < 1.29 is 9.59 Å². The van der Waals surface area contributed by atoms with Gasteiger partial charge >= 0.3 is 0 Å². The molecule has 0 heterocycles. The molecule has 138 valence electrons. The largest absolute Gasteiger partial charge is 0.376 e. The van der Waals surface area contributed by atoms with Gasteiger partial charge in [0.15, 0.2) is 0 Å². The second-order valence-electron chi connectivity index (χ2n) is 5.87. The molecular formula is C20H24ClN3O2. The number of carbonyl (C=O) groups is 2. The zero-order valence-electron chi connectivity index (χ0n) is 15.3. The predicted octanol–water partition coefficient (Wildman–Crippen LogP) is 4.18. The molecule has 26 heavy (non-hydrogen) atoms. The van der Waals surface area contributed by atoms with Crippen LogP contribution in [0.2, 0.25) is 5.02 Å². The van der Waals surface area contributed by atoms with Crippen molar-refractivity contribution in [1.29, 1.82) is 0 Å². The van der Waals surface area contributed by atoms with E-state index < -0.39 is 0 Å². The Morgan fingerprint density at radius 2 is 1.69 bits per heavy atom. The van der Waals surface area contributed by atoms with Crippen LogP contribution in [0.25, 0.3) is 0 Å². The molecule has 6 heteroatoms. The highest BCUT2D eigenvalue weighted by atomic mass is 35.5. The third-order valence-corrected chi connectivity index (χ3v) is 4.58. The molecule has 5 nitrogen and oxygen atoms in total. The van der Waals surface area contributed by atoms with Crippen LogP contribution < -0.4 is 10.6 Å². The molecule has 2 aromatic carbocycles. The van der Waals surface area contributed by atoms with E-state index >= 15 is 0 Å². The fourth-order valence-electron chi connectivity index (χ4n) is 2.57. The molecule has 0 aromatic heterocycles. The Morgan fingerprint density at radius 1 is 1.04 bits per heavy atom. The van der Waals surface area contributed by atoms with Crippen LogP contribution in [0.1, 0.15) is 29.8 Å². The van der Waals surface area contributed by atoms with E-state index in [1.165, 1.54) is 0 Å². The van der Waals surface area contributed by atoms with E-state index in [0.29, 0.717) is 29.4 Å². The van der Waals surface area contributed by atoms with Crippen LogP contribution in [0.5, 0.6) is 0 Å². The molecule has 2 N–H and O–H groups in total. The first-order valence-electron chi connectivity index (χ1n) is 8.64. The molecule has 0 radical (unpaired) electrons. The van der Waals surface area contributed by atoms with Gasteiger partial charge in [-0.05, 0) is 62.7 Å². The number of benzene rings is 2. The summed E-state index contributed by atoms with van der Waals surface area (Å²) in [6, 6.07) is 12.4. The van der Waals surface area contributed by atoms with Crippen LogP contribution in [0.3, 0.4) is 0 Å². The first-order chi connectivity index (χ1) is 12.5. The number of nitrogens with one attached hydrogen (secondary N) is 2. The number of halogens is 1. The smallest absolute Gasteiger partial charge is 0.253 e. The molecule has 2 aromatic rings. The lowest BCUT2D eigenvalue weighted by Crippen LogP contribution is -2.30. The summed E-state index contributed by atoms with van der Waals surface area (Å²) in [5.74, 6) is -0.182.